The van der Waals surface area contributed by atoms with Crippen molar-refractivity contribution >= 4 is 5.91 Å². The molecule has 1 unspecified atom stereocenters. The third-order valence-electron chi connectivity index (χ3n) is 2.42. The summed E-state index contributed by atoms with van der Waals surface area (Å²) in [6, 6.07) is 4.04. The van der Waals surface area contributed by atoms with Crippen LogP contribution in [0.15, 0.2) is 24.5 Å². The van der Waals surface area contributed by atoms with Gasteiger partial charge in [-0.25, -0.2) is 0 Å². The highest BCUT2D eigenvalue weighted by molar-refractivity contribution is 5.73. The Balaban J connectivity index is 2.87. The first-order valence-electron chi connectivity index (χ1n) is 4.80. The molecule has 0 spiro atoms. The van der Waals surface area contributed by atoms with Crippen molar-refractivity contribution in [2.24, 2.45) is 0 Å². The molecule has 0 radical (unpaired) electrons. The molecule has 3 nitrogen and oxygen atoms in total. The van der Waals surface area contributed by atoms with E-state index >= 15 is 0 Å². The Hall–Kier alpha value is -1.38. The molecule has 0 aromatic carbocycles. The second kappa shape index (κ2) is 4.74. The second-order valence-corrected chi connectivity index (χ2v) is 3.34. The van der Waals surface area contributed by atoms with E-state index in [2.05, 4.69) is 11.9 Å². The molecule has 1 aromatic heterocycles. The zero-order valence-corrected chi connectivity index (χ0v) is 8.90. The van der Waals surface area contributed by atoms with E-state index in [4.69, 9.17) is 0 Å². The Morgan fingerprint density at radius 2 is 2.36 bits per heavy atom. The highest BCUT2D eigenvalue weighted by Gasteiger charge is 2.16. The third-order valence-corrected chi connectivity index (χ3v) is 2.42. The number of aromatic nitrogens is 1. The van der Waals surface area contributed by atoms with Crippen molar-refractivity contribution in [3.63, 3.8) is 0 Å². The maximum atomic E-state index is 11.2. The Morgan fingerprint density at radius 3 is 2.79 bits per heavy atom. The largest absolute Gasteiger partial charge is 0.339 e. The van der Waals surface area contributed by atoms with Crippen molar-refractivity contribution in [3.05, 3.63) is 30.1 Å². The Labute approximate surface area is 84.8 Å². The number of carbonyl (C=O) groups excluding carboxylic acids is 1. The lowest BCUT2D eigenvalue weighted by Gasteiger charge is -2.26. The maximum Gasteiger partial charge on any atom is 0.219 e. The summed E-state index contributed by atoms with van der Waals surface area (Å²) in [6.45, 7) is 3.65. The van der Waals surface area contributed by atoms with Gasteiger partial charge in [0.1, 0.15) is 0 Å². The van der Waals surface area contributed by atoms with Gasteiger partial charge >= 0.3 is 0 Å². The summed E-state index contributed by atoms with van der Waals surface area (Å²) < 4.78 is 0. The summed E-state index contributed by atoms with van der Waals surface area (Å²) in [5.41, 5.74) is 1.09. The minimum Gasteiger partial charge on any atom is -0.339 e. The van der Waals surface area contributed by atoms with E-state index in [0.29, 0.717) is 0 Å². The van der Waals surface area contributed by atoms with Crippen molar-refractivity contribution < 1.29 is 4.79 Å². The van der Waals surface area contributed by atoms with E-state index in [1.165, 1.54) is 0 Å². The molecular weight excluding hydrogens is 176 g/mol. The van der Waals surface area contributed by atoms with Crippen LogP contribution in [-0.4, -0.2) is 22.8 Å². The van der Waals surface area contributed by atoms with E-state index in [9.17, 15) is 4.79 Å². The van der Waals surface area contributed by atoms with Crippen molar-refractivity contribution in [1.29, 1.82) is 0 Å². The van der Waals surface area contributed by atoms with E-state index in [0.717, 1.165) is 12.0 Å². The molecule has 0 saturated carbocycles. The van der Waals surface area contributed by atoms with Crippen LogP contribution in [0.25, 0.3) is 0 Å². The monoisotopic (exact) mass is 192 g/mol. The normalized spacial score (nSPS) is 12.2. The van der Waals surface area contributed by atoms with Crippen molar-refractivity contribution in [2.45, 2.75) is 26.3 Å². The number of rotatable bonds is 3. The van der Waals surface area contributed by atoms with Gasteiger partial charge in [-0.15, -0.1) is 0 Å². The van der Waals surface area contributed by atoms with Gasteiger partial charge in [-0.1, -0.05) is 13.0 Å². The number of carbonyl (C=O) groups is 1. The van der Waals surface area contributed by atoms with Gasteiger partial charge < -0.3 is 4.90 Å². The molecule has 1 amide bonds. The lowest BCUT2D eigenvalue weighted by atomic mass is 10.1. The first-order valence-corrected chi connectivity index (χ1v) is 4.80. The van der Waals surface area contributed by atoms with Gasteiger partial charge in [0, 0.05) is 26.4 Å². The average Bonchev–Trinajstić information content (AvgIpc) is 2.20. The van der Waals surface area contributed by atoms with Gasteiger partial charge in [0.2, 0.25) is 5.91 Å². The quantitative estimate of drug-likeness (QED) is 0.734. The van der Waals surface area contributed by atoms with Gasteiger partial charge in [-0.2, -0.15) is 0 Å². The zero-order chi connectivity index (χ0) is 10.6. The van der Waals surface area contributed by atoms with Gasteiger partial charge in [0.05, 0.1) is 6.04 Å². The molecule has 14 heavy (non-hydrogen) atoms. The summed E-state index contributed by atoms with van der Waals surface area (Å²) in [7, 11) is 1.82. The van der Waals surface area contributed by atoms with Crippen LogP contribution in [0.2, 0.25) is 0 Å². The predicted octanol–water partition coefficient (Wildman–Crippen LogP) is 2.01. The van der Waals surface area contributed by atoms with Crippen LogP contribution in [0.5, 0.6) is 0 Å². The van der Waals surface area contributed by atoms with Crippen LogP contribution in [0.3, 0.4) is 0 Å². The van der Waals surface area contributed by atoms with Gasteiger partial charge in [0.25, 0.3) is 0 Å². The Bertz CT molecular complexity index is 297. The predicted molar refractivity (Wildman–Crippen MR) is 55.7 cm³/mol. The topological polar surface area (TPSA) is 33.2 Å². The first-order chi connectivity index (χ1) is 6.66. The first kappa shape index (κ1) is 10.7. The molecule has 3 heteroatoms. The van der Waals surface area contributed by atoms with Gasteiger partial charge in [-0.3, -0.25) is 9.78 Å². The molecule has 76 valence electrons. The van der Waals surface area contributed by atoms with E-state index in [1.54, 1.807) is 18.0 Å². The fourth-order valence-corrected chi connectivity index (χ4v) is 1.53. The van der Waals surface area contributed by atoms with Gasteiger partial charge in [0.15, 0.2) is 0 Å². The molecule has 0 saturated heterocycles. The summed E-state index contributed by atoms with van der Waals surface area (Å²) in [6.07, 6.45) is 4.46. The number of nitrogens with zero attached hydrogens (tertiary/aromatic N) is 2. The third kappa shape index (κ3) is 2.31. The molecule has 0 aliphatic carbocycles. The van der Waals surface area contributed by atoms with E-state index in [-0.39, 0.29) is 11.9 Å². The minimum absolute atomic E-state index is 0.0840. The minimum atomic E-state index is 0.0840. The Morgan fingerprint density at radius 1 is 1.64 bits per heavy atom. The van der Waals surface area contributed by atoms with E-state index in [1.807, 2.05) is 25.4 Å². The molecule has 0 bridgehead atoms. The lowest BCUT2D eigenvalue weighted by Crippen LogP contribution is -2.28. The van der Waals surface area contributed by atoms with Crippen LogP contribution in [0, 0.1) is 0 Å². The molecule has 1 rings (SSSR count). The molecule has 0 aliphatic rings. The van der Waals surface area contributed by atoms with E-state index < -0.39 is 0 Å². The second-order valence-electron chi connectivity index (χ2n) is 3.34. The zero-order valence-electron chi connectivity index (χ0n) is 8.90. The van der Waals surface area contributed by atoms with Crippen molar-refractivity contribution in [2.75, 3.05) is 7.05 Å². The summed E-state index contributed by atoms with van der Waals surface area (Å²) in [5, 5.41) is 0. The molecule has 0 aliphatic heterocycles. The maximum absolute atomic E-state index is 11.2. The van der Waals surface area contributed by atoms with Gasteiger partial charge in [-0.05, 0) is 18.1 Å². The number of amides is 1. The molecule has 0 N–H and O–H groups in total. The number of hydrogen-bond donors (Lipinski definition) is 0. The lowest BCUT2D eigenvalue weighted by molar-refractivity contribution is -0.129. The van der Waals surface area contributed by atoms with Crippen LogP contribution >= 0.6 is 0 Å². The highest BCUT2D eigenvalue weighted by Crippen LogP contribution is 2.21. The van der Waals surface area contributed by atoms with Crippen LogP contribution < -0.4 is 0 Å². The smallest absolute Gasteiger partial charge is 0.219 e. The highest BCUT2D eigenvalue weighted by atomic mass is 16.2. The fraction of sp³-hybridized carbons (Fsp3) is 0.455. The van der Waals surface area contributed by atoms with Crippen LogP contribution in [0.4, 0.5) is 0 Å². The van der Waals surface area contributed by atoms with Crippen LogP contribution in [-0.2, 0) is 4.79 Å². The van der Waals surface area contributed by atoms with Crippen molar-refractivity contribution in [1.82, 2.24) is 9.88 Å². The standard InChI is InChI=1S/C11H16N2O/c1-4-11(13(3)9(2)14)10-6-5-7-12-8-10/h5-8,11H,4H2,1-3H3. The van der Waals surface area contributed by atoms with Crippen molar-refractivity contribution in [3.8, 4) is 0 Å². The molecule has 1 atom stereocenters. The summed E-state index contributed by atoms with van der Waals surface area (Å²) in [5.74, 6) is 0.0840. The number of hydrogen-bond acceptors (Lipinski definition) is 2. The Kier molecular flexibility index (Phi) is 3.63. The molecule has 1 heterocycles. The average molecular weight is 192 g/mol. The SMILES string of the molecule is CCC(c1cccnc1)N(C)C(C)=O. The van der Waals surface area contributed by atoms with Crippen LogP contribution in [0.1, 0.15) is 31.9 Å². The molecule has 1 aromatic rings. The fourth-order valence-electron chi connectivity index (χ4n) is 1.53. The summed E-state index contributed by atoms with van der Waals surface area (Å²) >= 11 is 0. The molecular formula is C11H16N2O. The summed E-state index contributed by atoms with van der Waals surface area (Å²) in [4.78, 5) is 17.0. The molecule has 0 fully saturated rings. The number of pyridine rings is 1.